The maximum atomic E-state index is 12.9. The number of aromatic nitrogens is 3. The van der Waals surface area contributed by atoms with Crippen molar-refractivity contribution >= 4 is 47.3 Å². The van der Waals surface area contributed by atoms with Crippen LogP contribution in [0, 0.1) is 0 Å². The number of hydrogen-bond acceptors (Lipinski definition) is 10. The van der Waals surface area contributed by atoms with Crippen LogP contribution in [0.25, 0.3) is 0 Å². The van der Waals surface area contributed by atoms with Crippen molar-refractivity contribution in [3.63, 3.8) is 0 Å². The van der Waals surface area contributed by atoms with E-state index in [2.05, 4.69) is 15.5 Å². The zero-order chi connectivity index (χ0) is 26.1. The molecule has 15 heteroatoms. The molecular formula is C21H19N5O8S2. The Bertz CT molecular complexity index is 1350. The molecule has 0 aliphatic carbocycles. The number of carboxylic acid groups (broad SMARTS) is 2. The Kier molecular flexibility index (Phi) is 7.03. The van der Waals surface area contributed by atoms with Gasteiger partial charge in [-0.1, -0.05) is 42.1 Å². The summed E-state index contributed by atoms with van der Waals surface area (Å²) in [5.74, 6) is -6.28. The van der Waals surface area contributed by atoms with Crippen molar-refractivity contribution in [1.82, 2.24) is 25.0 Å². The normalized spacial score (nSPS) is 19.8. The molecule has 4 N–H and O–H groups in total. The quantitative estimate of drug-likeness (QED) is 0.195. The van der Waals surface area contributed by atoms with Gasteiger partial charge in [-0.05, 0) is 11.1 Å². The summed E-state index contributed by atoms with van der Waals surface area (Å²) in [6.45, 7) is 0. The van der Waals surface area contributed by atoms with E-state index in [0.717, 1.165) is 21.2 Å². The van der Waals surface area contributed by atoms with Crippen molar-refractivity contribution < 1.29 is 34.5 Å². The average Bonchev–Trinajstić information content (AvgIpc) is 2.85. The summed E-state index contributed by atoms with van der Waals surface area (Å²) < 4.78 is 1.07. The summed E-state index contributed by atoms with van der Waals surface area (Å²) in [5, 5.41) is 37.7. The van der Waals surface area contributed by atoms with Crippen molar-refractivity contribution in [2.45, 2.75) is 22.5 Å². The highest BCUT2D eigenvalue weighted by Gasteiger charge is 2.54. The Morgan fingerprint density at radius 3 is 2.53 bits per heavy atom. The maximum absolute atomic E-state index is 12.9. The lowest BCUT2D eigenvalue weighted by Gasteiger charge is -2.49. The molecule has 36 heavy (non-hydrogen) atoms. The van der Waals surface area contributed by atoms with Crippen molar-refractivity contribution in [2.75, 3.05) is 11.5 Å². The van der Waals surface area contributed by atoms with Gasteiger partial charge in [0.25, 0.3) is 11.8 Å². The number of rotatable bonds is 8. The summed E-state index contributed by atoms with van der Waals surface area (Å²) in [6.07, 6.45) is 0. The second kappa shape index (κ2) is 10.0. The third-order valence-electron chi connectivity index (χ3n) is 5.58. The number of aliphatic carboxylic acids is 2. The molecule has 1 aromatic heterocycles. The van der Waals surface area contributed by atoms with Gasteiger partial charge in [0, 0.05) is 18.6 Å². The van der Waals surface area contributed by atoms with E-state index in [0.29, 0.717) is 5.57 Å². The molecule has 2 aromatic rings. The first-order valence-electron chi connectivity index (χ1n) is 10.4. The second-order valence-electron chi connectivity index (χ2n) is 7.79. The molecule has 3 atom stereocenters. The number of carbonyl (C=O) groups is 4. The summed E-state index contributed by atoms with van der Waals surface area (Å²) in [5.41, 5.74) is -0.359. The highest BCUT2D eigenvalue weighted by Crippen LogP contribution is 2.41. The van der Waals surface area contributed by atoms with Crippen LogP contribution in [0.1, 0.15) is 11.5 Å². The van der Waals surface area contributed by atoms with Crippen LogP contribution in [0.5, 0.6) is 5.88 Å². The summed E-state index contributed by atoms with van der Waals surface area (Å²) in [6, 6.07) is 6.77. The third-order valence-corrected chi connectivity index (χ3v) is 8.02. The lowest BCUT2D eigenvalue weighted by Crippen LogP contribution is -2.71. The first kappa shape index (κ1) is 25.2. The topological polar surface area (TPSA) is 192 Å². The SMILES string of the molecule is Cn1c(SCC2=C(C(=O)O)N3C(=O)C(NC(=O)C(C(=O)O)c4ccccc4)[C@@H]3SC2)nnc(O)c1=O. The smallest absolute Gasteiger partial charge is 0.352 e. The molecule has 2 amide bonds. The minimum Gasteiger partial charge on any atom is -0.488 e. The molecule has 0 spiro atoms. The number of hydrogen-bond donors (Lipinski definition) is 4. The molecule has 1 fully saturated rings. The first-order chi connectivity index (χ1) is 17.1. The van der Waals surface area contributed by atoms with Gasteiger partial charge in [0.05, 0.1) is 0 Å². The molecule has 1 saturated heterocycles. The summed E-state index contributed by atoms with van der Waals surface area (Å²) >= 11 is 2.23. The Morgan fingerprint density at radius 2 is 1.89 bits per heavy atom. The number of carbonyl (C=O) groups excluding carboxylic acids is 2. The minimum absolute atomic E-state index is 0.0734. The molecule has 0 radical (unpaired) electrons. The van der Waals surface area contributed by atoms with Gasteiger partial charge < -0.3 is 20.6 Å². The number of nitrogens with one attached hydrogen (secondary N) is 1. The zero-order valence-electron chi connectivity index (χ0n) is 18.5. The highest BCUT2D eigenvalue weighted by molar-refractivity contribution is 8.01. The number of aromatic hydroxyl groups is 1. The predicted molar refractivity (Wildman–Crippen MR) is 126 cm³/mol. The standard InChI is InChI=1S/C21H19N5O8S2/c1-25-17(30)15(28)23-24-21(25)36-8-10-7-35-18-12(16(29)26(18)13(10)20(33)34)22-14(27)11(19(31)32)9-5-3-2-4-6-9/h2-6,11-12,18H,7-8H2,1H3,(H,22,27)(H,23,28)(H,31,32)(H,33,34)/t11?,12?,18-/m0/s1. The van der Waals surface area contributed by atoms with Crippen LogP contribution in [0.4, 0.5) is 0 Å². The summed E-state index contributed by atoms with van der Waals surface area (Å²) in [4.78, 5) is 62.3. The van der Waals surface area contributed by atoms with Crippen LogP contribution >= 0.6 is 23.5 Å². The Balaban J connectivity index is 1.51. The van der Waals surface area contributed by atoms with E-state index in [1.54, 1.807) is 18.2 Å². The van der Waals surface area contributed by atoms with Gasteiger partial charge in [-0.25, -0.2) is 4.79 Å². The molecule has 3 heterocycles. The van der Waals surface area contributed by atoms with E-state index in [9.17, 15) is 39.3 Å². The number of fused-ring (bicyclic) bond motifs is 1. The van der Waals surface area contributed by atoms with Gasteiger partial charge in [-0.15, -0.1) is 22.0 Å². The summed E-state index contributed by atoms with van der Waals surface area (Å²) in [7, 11) is 1.38. The zero-order valence-corrected chi connectivity index (χ0v) is 20.2. The molecule has 4 rings (SSSR count). The van der Waals surface area contributed by atoms with Gasteiger partial charge in [0.2, 0.25) is 5.91 Å². The molecule has 2 aliphatic rings. The molecule has 0 bridgehead atoms. The molecule has 2 unspecified atom stereocenters. The van der Waals surface area contributed by atoms with Crippen LogP contribution in [0.3, 0.4) is 0 Å². The fraction of sp³-hybridized carbons (Fsp3) is 0.286. The Hall–Kier alpha value is -3.85. The monoisotopic (exact) mass is 533 g/mol. The molecule has 2 aliphatic heterocycles. The van der Waals surface area contributed by atoms with Crippen molar-refractivity contribution in [1.29, 1.82) is 0 Å². The van der Waals surface area contributed by atoms with Gasteiger partial charge in [0.1, 0.15) is 17.1 Å². The van der Waals surface area contributed by atoms with E-state index in [-0.39, 0.29) is 27.9 Å². The van der Waals surface area contributed by atoms with Crippen molar-refractivity contribution in [2.24, 2.45) is 7.05 Å². The number of thioether (sulfide) groups is 2. The van der Waals surface area contributed by atoms with E-state index >= 15 is 0 Å². The molecular weight excluding hydrogens is 514 g/mol. The van der Waals surface area contributed by atoms with E-state index in [1.807, 2.05) is 0 Å². The average molecular weight is 534 g/mol. The third kappa shape index (κ3) is 4.54. The Labute approximate surface area is 211 Å². The van der Waals surface area contributed by atoms with E-state index in [1.165, 1.54) is 30.9 Å². The number of nitrogens with zero attached hydrogens (tertiary/aromatic N) is 4. The highest BCUT2D eigenvalue weighted by atomic mass is 32.2. The number of benzene rings is 1. The number of β-lactam (4-membered cyclic amide) rings is 1. The van der Waals surface area contributed by atoms with E-state index < -0.39 is 52.5 Å². The number of amides is 2. The first-order valence-corrected chi connectivity index (χ1v) is 12.4. The van der Waals surface area contributed by atoms with Crippen LogP contribution in [-0.2, 0) is 26.2 Å². The van der Waals surface area contributed by atoms with Gasteiger partial charge >= 0.3 is 17.5 Å². The number of carboxylic acids is 2. The van der Waals surface area contributed by atoms with Gasteiger partial charge in [0.15, 0.2) is 11.1 Å². The Morgan fingerprint density at radius 1 is 1.19 bits per heavy atom. The maximum Gasteiger partial charge on any atom is 0.352 e. The lowest BCUT2D eigenvalue weighted by molar-refractivity contribution is -0.152. The molecule has 188 valence electrons. The predicted octanol–water partition coefficient (Wildman–Crippen LogP) is -0.420. The fourth-order valence-electron chi connectivity index (χ4n) is 3.80. The molecule has 1 aromatic carbocycles. The van der Waals surface area contributed by atoms with Crippen LogP contribution in [0.15, 0.2) is 51.6 Å². The lowest BCUT2D eigenvalue weighted by atomic mass is 9.96. The van der Waals surface area contributed by atoms with Crippen LogP contribution in [0.2, 0.25) is 0 Å². The van der Waals surface area contributed by atoms with Gasteiger partial charge in [-0.3, -0.25) is 28.6 Å². The molecule has 0 saturated carbocycles. The minimum atomic E-state index is -1.53. The van der Waals surface area contributed by atoms with Crippen LogP contribution < -0.4 is 10.9 Å². The fourth-order valence-corrected chi connectivity index (χ4v) is 6.19. The van der Waals surface area contributed by atoms with Crippen LogP contribution in [-0.4, -0.2) is 81.7 Å². The van der Waals surface area contributed by atoms with E-state index in [4.69, 9.17) is 0 Å². The van der Waals surface area contributed by atoms with Gasteiger partial charge in [-0.2, -0.15) is 0 Å². The molecule has 13 nitrogen and oxygen atoms in total. The van der Waals surface area contributed by atoms with Crippen molar-refractivity contribution in [3.05, 3.63) is 57.5 Å². The second-order valence-corrected chi connectivity index (χ2v) is 9.84. The largest absolute Gasteiger partial charge is 0.488 e. The van der Waals surface area contributed by atoms with Crippen molar-refractivity contribution in [3.8, 4) is 5.88 Å².